The van der Waals surface area contributed by atoms with Crippen molar-refractivity contribution < 1.29 is 6.85 Å². The molecule has 0 bridgehead atoms. The third kappa shape index (κ3) is 15.9. The van der Waals surface area contributed by atoms with Crippen molar-refractivity contribution in [1.82, 2.24) is 59.8 Å². The van der Waals surface area contributed by atoms with Crippen molar-refractivity contribution >= 4 is 108 Å². The zero-order valence-electron chi connectivity index (χ0n) is 65.5. The quantitative estimate of drug-likeness (QED) is 0.128. The van der Waals surface area contributed by atoms with Gasteiger partial charge < -0.3 is 0 Å². The number of aromatic nitrogens is 12. The van der Waals surface area contributed by atoms with E-state index in [9.17, 15) is 0 Å². The van der Waals surface area contributed by atoms with Gasteiger partial charge >= 0.3 is 0 Å². The fraction of sp³-hybridized carbons (Fsp3) is 0.0309. The molecular formula is C97H64Br4N12. The number of hydrogen-bond acceptors (Lipinski definition) is 12. The Morgan fingerprint density at radius 2 is 0.593 bits per heavy atom. The lowest BCUT2D eigenvalue weighted by Crippen LogP contribution is -2.15. The predicted molar refractivity (Wildman–Crippen MR) is 472 cm³/mol. The molecule has 0 atom stereocenters. The van der Waals surface area contributed by atoms with E-state index in [-0.39, 0.29) is 28.8 Å². The Kier molecular flexibility index (Phi) is 19.5. The minimum absolute atomic E-state index is 0.00773. The summed E-state index contributed by atoms with van der Waals surface area (Å²) in [5.74, 6) is 2.46. The monoisotopic (exact) mass is 1720 g/mol. The molecule has 1 aliphatic carbocycles. The smallest absolute Gasteiger partial charge is 0.160 e. The molecule has 0 N–H and O–H groups in total. The van der Waals surface area contributed by atoms with Crippen LogP contribution < -0.4 is 0 Å². The van der Waals surface area contributed by atoms with Gasteiger partial charge in [0.2, 0.25) is 0 Å². The highest BCUT2D eigenvalue weighted by Crippen LogP contribution is 2.50. The van der Waals surface area contributed by atoms with E-state index in [0.29, 0.717) is 34.3 Å². The van der Waals surface area contributed by atoms with Gasteiger partial charge in [-0.25, -0.2) is 39.9 Å². The van der Waals surface area contributed by atoms with Gasteiger partial charge in [0.1, 0.15) is 44.8 Å². The first-order chi connectivity index (χ1) is 57.5. The summed E-state index contributed by atoms with van der Waals surface area (Å²) in [4.78, 5) is 56.4. The van der Waals surface area contributed by atoms with Crippen molar-refractivity contribution in [2.45, 2.75) is 19.3 Å². The molecule has 0 unspecified atom stereocenters. The highest BCUT2D eigenvalue weighted by atomic mass is 79.9. The molecule has 113 heavy (non-hydrogen) atoms. The van der Waals surface area contributed by atoms with Gasteiger partial charge in [-0.05, 0) is 166 Å². The third-order valence-electron chi connectivity index (χ3n) is 19.3. The van der Waals surface area contributed by atoms with Crippen molar-refractivity contribution in [2.24, 2.45) is 0 Å². The molecule has 8 aromatic heterocycles. The van der Waals surface area contributed by atoms with Crippen molar-refractivity contribution in [3.05, 3.63) is 381 Å². The molecule has 19 aromatic rings. The molecular weight excluding hydrogens is 1650 g/mol. The average molecular weight is 1720 g/mol. The first-order valence-corrected chi connectivity index (χ1v) is 39.3. The molecule has 0 aliphatic heterocycles. The maximum atomic E-state index is 8.29. The molecule has 11 aromatic carbocycles. The molecule has 0 saturated heterocycles. The molecule has 16 heteroatoms. The fourth-order valence-corrected chi connectivity index (χ4v) is 15.1. The molecule has 0 saturated carbocycles. The molecule has 1 aliphatic rings. The number of benzene rings is 11. The first-order valence-electron chi connectivity index (χ1n) is 38.6. The van der Waals surface area contributed by atoms with Crippen LogP contribution in [0.4, 0.5) is 0 Å². The second-order valence-corrected chi connectivity index (χ2v) is 30.6. The van der Waals surface area contributed by atoms with Crippen LogP contribution in [0, 0.1) is 0 Å². The molecule has 12 nitrogen and oxygen atoms in total. The lowest BCUT2D eigenvalue weighted by Gasteiger charge is -2.22. The van der Waals surface area contributed by atoms with Crippen molar-refractivity contribution in [2.75, 3.05) is 0 Å². The van der Waals surface area contributed by atoms with Gasteiger partial charge in [0, 0.05) is 92.6 Å². The Morgan fingerprint density at radius 3 is 1.04 bits per heavy atom. The van der Waals surface area contributed by atoms with Crippen LogP contribution in [0.5, 0.6) is 0 Å². The lowest BCUT2D eigenvalue weighted by molar-refractivity contribution is 0.660. The second kappa shape index (κ2) is 32.7. The summed E-state index contributed by atoms with van der Waals surface area (Å²) < 4.78 is 44.2. The van der Waals surface area contributed by atoms with E-state index in [1.54, 1.807) is 30.7 Å². The zero-order chi connectivity index (χ0) is 81.1. The average Bonchev–Trinajstić information content (AvgIpc) is 1.55. The van der Waals surface area contributed by atoms with Gasteiger partial charge in [-0.1, -0.05) is 284 Å². The summed E-state index contributed by atoms with van der Waals surface area (Å²) >= 11 is 14.0. The van der Waals surface area contributed by atoms with E-state index in [2.05, 4.69) is 222 Å². The van der Waals surface area contributed by atoms with Crippen LogP contribution in [0.15, 0.2) is 370 Å². The van der Waals surface area contributed by atoms with Gasteiger partial charge in [0.15, 0.2) is 23.3 Å². The molecule has 20 rings (SSSR count). The molecule has 0 spiro atoms. The summed E-state index contributed by atoms with van der Waals surface area (Å²) in [6, 6.07) is 97.9. The van der Waals surface area contributed by atoms with Crippen LogP contribution in [0.3, 0.4) is 0 Å². The van der Waals surface area contributed by atoms with Crippen LogP contribution in [0.25, 0.3) is 168 Å². The number of fused-ring (bicyclic) bond motifs is 7. The topological polar surface area (TPSA) is 155 Å². The number of halogens is 4. The Balaban J connectivity index is 0.000000114. The highest BCUT2D eigenvalue weighted by Gasteiger charge is 2.35. The summed E-state index contributed by atoms with van der Waals surface area (Å²) in [6.07, 6.45) is 6.94. The summed E-state index contributed by atoms with van der Waals surface area (Å²) in [5.41, 5.74) is 25.2. The zero-order valence-corrected chi connectivity index (χ0v) is 66.8. The molecule has 540 valence electrons. The molecule has 0 amide bonds. The van der Waals surface area contributed by atoms with Crippen molar-refractivity contribution in [3.63, 3.8) is 0 Å². The maximum Gasteiger partial charge on any atom is 0.160 e. The van der Waals surface area contributed by atoms with Crippen LogP contribution in [0.2, 0.25) is 0 Å². The molecule has 0 fully saturated rings. The summed E-state index contributed by atoms with van der Waals surface area (Å²) in [6.45, 7) is 4.59. The van der Waals surface area contributed by atoms with Gasteiger partial charge in [-0.15, -0.1) is 0 Å². The largest absolute Gasteiger partial charge is 0.252 e. The van der Waals surface area contributed by atoms with E-state index in [0.717, 1.165) is 129 Å². The lowest BCUT2D eigenvalue weighted by atomic mass is 9.82. The maximum absolute atomic E-state index is 8.29. The SMILES string of the molecule is Brc1ccc(-c2nc(-c3cc(-c4ccccc4)cc(-c4ccccc4)c3)c3ncccc3n2)cc1.Brc1cccc(-c2nc(-c3ccccc3)c3ncccc3n2)c1.CC1(C)c2ccccc2-c2ccc(-c3nc(-c4ccc(Br)cc4)nc4cccnc34)cc21.[2H]c1c([2H])c([2H])c(-c2nc(-c3cccc(Br)c3)nc3cccnc23)c([2H])c1[2H]. The second-order valence-electron chi connectivity index (χ2n) is 26.9. The minimum atomic E-state index is -0.447. The third-order valence-corrected chi connectivity index (χ3v) is 21.3. The normalized spacial score (nSPS) is 12.3. The van der Waals surface area contributed by atoms with Crippen LogP contribution >= 0.6 is 63.7 Å². The number of nitrogens with zero attached hydrogens (tertiary/aromatic N) is 12. The molecule has 8 heterocycles. The van der Waals surface area contributed by atoms with E-state index in [4.69, 9.17) is 31.8 Å². The van der Waals surface area contributed by atoms with Gasteiger partial charge in [-0.3, -0.25) is 19.9 Å². The molecule has 0 radical (unpaired) electrons. The predicted octanol–water partition coefficient (Wildman–Crippen LogP) is 26.1. The summed E-state index contributed by atoms with van der Waals surface area (Å²) in [5, 5.41) is 0. The summed E-state index contributed by atoms with van der Waals surface area (Å²) in [7, 11) is 0. The highest BCUT2D eigenvalue weighted by molar-refractivity contribution is 9.11. The van der Waals surface area contributed by atoms with Crippen LogP contribution in [0.1, 0.15) is 31.8 Å². The van der Waals surface area contributed by atoms with E-state index in [1.165, 1.54) is 22.3 Å². The Labute approximate surface area is 693 Å². The van der Waals surface area contributed by atoms with Gasteiger partial charge in [0.25, 0.3) is 0 Å². The van der Waals surface area contributed by atoms with Gasteiger partial charge in [-0.2, -0.15) is 0 Å². The van der Waals surface area contributed by atoms with Crippen molar-refractivity contribution in [1.29, 1.82) is 0 Å². The first kappa shape index (κ1) is 67.2. The van der Waals surface area contributed by atoms with Crippen LogP contribution in [-0.4, -0.2) is 59.8 Å². The van der Waals surface area contributed by atoms with Crippen LogP contribution in [-0.2, 0) is 5.41 Å². The number of pyridine rings is 4. The van der Waals surface area contributed by atoms with E-state index >= 15 is 0 Å². The standard InChI is InChI=1S/C31H20BrN3.C28H20BrN3.2C19H12BrN3/c32-27-15-13-23(14-16-27)31-34-28-12-7-17-33-30(28)29(35-31)26-19-24(21-8-3-1-4-9-21)18-25(20-26)22-10-5-2-6-11-22;1-28(2)22-7-4-3-6-20(22)21-14-11-18(16-23(21)28)25-26-24(8-5-15-30-26)31-27(32-25)17-9-12-19(29)13-10-17;2*20-15-9-4-8-14(12-15)19-22-16-10-5-11-21-18(16)17(23-19)13-6-2-1-3-7-13/h1-20H;3-16H,1-2H3;2*1-12H/i;;1D,2D,3D,6D,7D;. The van der Waals surface area contributed by atoms with Crippen molar-refractivity contribution in [3.8, 4) is 124 Å². The minimum Gasteiger partial charge on any atom is -0.252 e. The Hall–Kier alpha value is -12.7. The Morgan fingerprint density at radius 1 is 0.239 bits per heavy atom. The fourth-order valence-electron chi connectivity index (χ4n) is 13.8. The van der Waals surface area contributed by atoms with E-state index in [1.807, 2.05) is 182 Å². The van der Waals surface area contributed by atoms with Gasteiger partial charge in [0.05, 0.1) is 28.9 Å². The number of hydrogen-bond donors (Lipinski definition) is 0. The number of rotatable bonds is 10. The van der Waals surface area contributed by atoms with E-state index < -0.39 is 18.1 Å². The Bertz CT molecular complexity index is 6960.